The third-order valence-corrected chi connectivity index (χ3v) is 6.88. The maximum Gasteiger partial charge on any atom is 0.255 e. The third kappa shape index (κ3) is 3.99. The Kier molecular flexibility index (Phi) is 5.30. The molecule has 0 aliphatic carbocycles. The Balaban J connectivity index is 1.31. The largest absolute Gasteiger partial charge is 0.368 e. The molecule has 8 nitrogen and oxygen atoms in total. The predicted molar refractivity (Wildman–Crippen MR) is 116 cm³/mol. The molecule has 0 unspecified atom stereocenters. The van der Waals surface area contributed by atoms with E-state index in [0.717, 1.165) is 70.0 Å². The molecule has 0 amide bonds. The van der Waals surface area contributed by atoms with Gasteiger partial charge in [-0.15, -0.1) is 0 Å². The summed E-state index contributed by atoms with van der Waals surface area (Å²) >= 11 is 0. The second kappa shape index (κ2) is 8.09. The van der Waals surface area contributed by atoms with Crippen LogP contribution in [0.15, 0.2) is 29.3 Å². The molecule has 160 valence electrons. The van der Waals surface area contributed by atoms with Gasteiger partial charge in [0, 0.05) is 94.0 Å². The number of hydrogen-bond acceptors (Lipinski definition) is 7. The summed E-state index contributed by atoms with van der Waals surface area (Å²) in [4.78, 5) is 28.7. The van der Waals surface area contributed by atoms with Gasteiger partial charge in [0.2, 0.25) is 5.95 Å². The number of piperazine rings is 1. The van der Waals surface area contributed by atoms with Gasteiger partial charge in [-0.3, -0.25) is 14.6 Å². The molecule has 8 heteroatoms. The van der Waals surface area contributed by atoms with Crippen molar-refractivity contribution in [2.45, 2.75) is 32.0 Å². The number of anilines is 1. The first-order valence-electron chi connectivity index (χ1n) is 11.0. The summed E-state index contributed by atoms with van der Waals surface area (Å²) in [6.45, 7) is 8.63. The molecule has 2 N–H and O–H groups in total. The molecular weight excluding hydrogens is 378 g/mol. The van der Waals surface area contributed by atoms with E-state index in [4.69, 9.17) is 5.73 Å². The molecule has 0 saturated carbocycles. The number of nitrogen functional groups attached to an aromatic ring is 1. The second-order valence-electron chi connectivity index (χ2n) is 9.22. The lowest BCUT2D eigenvalue weighted by Gasteiger charge is -2.43. The quantitative estimate of drug-likeness (QED) is 0.791. The highest BCUT2D eigenvalue weighted by atomic mass is 16.1. The van der Waals surface area contributed by atoms with E-state index in [-0.39, 0.29) is 5.56 Å². The number of hydrogen-bond donors (Lipinski definition) is 1. The van der Waals surface area contributed by atoms with Crippen molar-refractivity contribution in [3.05, 3.63) is 51.7 Å². The lowest BCUT2D eigenvalue weighted by atomic mass is 9.83. The summed E-state index contributed by atoms with van der Waals surface area (Å²) in [7, 11) is 2.16. The van der Waals surface area contributed by atoms with Crippen molar-refractivity contribution >= 4 is 5.95 Å². The highest BCUT2D eigenvalue weighted by Crippen LogP contribution is 2.35. The van der Waals surface area contributed by atoms with Crippen molar-refractivity contribution in [3.8, 4) is 0 Å². The summed E-state index contributed by atoms with van der Waals surface area (Å²) in [6, 6.07) is 4.29. The molecule has 0 radical (unpaired) electrons. The molecule has 0 spiro atoms. The summed E-state index contributed by atoms with van der Waals surface area (Å²) in [5.74, 6) is 1.25. The van der Waals surface area contributed by atoms with Gasteiger partial charge < -0.3 is 15.2 Å². The first-order chi connectivity index (χ1) is 14.5. The minimum atomic E-state index is 0.224. The topological polar surface area (TPSA) is 83.5 Å². The molecule has 3 aliphatic heterocycles. The van der Waals surface area contributed by atoms with Crippen LogP contribution in [0.4, 0.5) is 5.95 Å². The van der Waals surface area contributed by atoms with Gasteiger partial charge in [0.15, 0.2) is 0 Å². The molecule has 30 heavy (non-hydrogen) atoms. The summed E-state index contributed by atoms with van der Waals surface area (Å²) in [5.41, 5.74) is 9.07. The van der Waals surface area contributed by atoms with E-state index in [1.807, 2.05) is 12.4 Å². The SMILES string of the molecule is CN1CCN(Cc2ccc3n(c2=O)C[C@H]2C[C@@H]3CN(Cc3cnc(N)nc3)C2)CC1. The number of aromatic nitrogens is 3. The number of fused-ring (bicyclic) bond motifs is 4. The summed E-state index contributed by atoms with van der Waals surface area (Å²) in [6.07, 6.45) is 4.80. The Morgan fingerprint density at radius 3 is 2.53 bits per heavy atom. The van der Waals surface area contributed by atoms with Crippen LogP contribution in [0.3, 0.4) is 0 Å². The molecule has 2 aromatic rings. The van der Waals surface area contributed by atoms with Crippen molar-refractivity contribution in [1.29, 1.82) is 0 Å². The highest BCUT2D eigenvalue weighted by Gasteiger charge is 2.35. The monoisotopic (exact) mass is 409 g/mol. The van der Waals surface area contributed by atoms with Crippen LogP contribution in [-0.2, 0) is 19.6 Å². The van der Waals surface area contributed by atoms with Gasteiger partial charge in [0.05, 0.1) is 0 Å². The standard InChI is InChI=1S/C22H31N7O/c1-26-4-6-27(7-5-26)14-18-2-3-20-19-8-16(13-29(20)21(18)30)11-28(15-19)12-17-9-24-22(23)25-10-17/h2-3,9-10,16,19H,4-8,11-15H2,1H3,(H2,23,24,25)/t16-,19+/m0/s1. The van der Waals surface area contributed by atoms with Crippen LogP contribution in [0.5, 0.6) is 0 Å². The normalized spacial score (nSPS) is 25.2. The van der Waals surface area contributed by atoms with E-state index in [1.165, 1.54) is 12.1 Å². The number of nitrogens with two attached hydrogens (primary N) is 1. The van der Waals surface area contributed by atoms with Crippen molar-refractivity contribution in [2.75, 3.05) is 52.0 Å². The van der Waals surface area contributed by atoms with Gasteiger partial charge in [0.1, 0.15) is 0 Å². The maximum absolute atomic E-state index is 13.3. The molecular formula is C22H31N7O. The van der Waals surface area contributed by atoms with E-state index in [0.29, 0.717) is 17.8 Å². The molecule has 3 aliphatic rings. The number of piperidine rings is 1. The average molecular weight is 410 g/mol. The highest BCUT2D eigenvalue weighted by molar-refractivity contribution is 5.23. The molecule has 2 saturated heterocycles. The van der Waals surface area contributed by atoms with Gasteiger partial charge in [-0.2, -0.15) is 0 Å². The number of nitrogens with zero attached hydrogens (tertiary/aromatic N) is 6. The van der Waals surface area contributed by atoms with E-state index in [2.05, 4.69) is 48.4 Å². The number of likely N-dealkylation sites (tertiary alicyclic amines) is 1. The number of likely N-dealkylation sites (N-methyl/N-ethyl adjacent to an activating group) is 1. The van der Waals surface area contributed by atoms with E-state index < -0.39 is 0 Å². The summed E-state index contributed by atoms with van der Waals surface area (Å²) in [5, 5.41) is 0. The molecule has 0 aromatic carbocycles. The van der Waals surface area contributed by atoms with Crippen LogP contribution in [0.2, 0.25) is 0 Å². The lowest BCUT2D eigenvalue weighted by molar-refractivity contribution is 0.113. The summed E-state index contributed by atoms with van der Waals surface area (Å²) < 4.78 is 2.08. The van der Waals surface area contributed by atoms with Gasteiger partial charge in [0.25, 0.3) is 5.56 Å². The predicted octanol–water partition coefficient (Wildman–Crippen LogP) is 0.587. The fourth-order valence-corrected chi connectivity index (χ4v) is 5.29. The first-order valence-corrected chi connectivity index (χ1v) is 11.0. The van der Waals surface area contributed by atoms with Crippen LogP contribution in [0, 0.1) is 5.92 Å². The van der Waals surface area contributed by atoms with E-state index in [9.17, 15) is 4.79 Å². The Hall–Kier alpha value is -2.29. The van der Waals surface area contributed by atoms with Crippen LogP contribution >= 0.6 is 0 Å². The maximum atomic E-state index is 13.3. The zero-order chi connectivity index (χ0) is 20.7. The van der Waals surface area contributed by atoms with Crippen molar-refractivity contribution in [2.24, 2.45) is 5.92 Å². The first kappa shape index (κ1) is 19.7. The zero-order valence-electron chi connectivity index (χ0n) is 17.7. The molecule has 2 bridgehead atoms. The van der Waals surface area contributed by atoms with Gasteiger partial charge in [-0.25, -0.2) is 9.97 Å². The smallest absolute Gasteiger partial charge is 0.255 e. The minimum absolute atomic E-state index is 0.224. The third-order valence-electron chi connectivity index (χ3n) is 6.88. The fraction of sp³-hybridized carbons (Fsp3) is 0.591. The number of rotatable bonds is 4. The molecule has 2 fully saturated rings. The van der Waals surface area contributed by atoms with Gasteiger partial charge in [-0.05, 0) is 25.5 Å². The fourth-order valence-electron chi connectivity index (χ4n) is 5.29. The van der Waals surface area contributed by atoms with Crippen LogP contribution in [0.1, 0.15) is 29.2 Å². The second-order valence-corrected chi connectivity index (χ2v) is 9.22. The molecule has 2 aromatic heterocycles. The van der Waals surface area contributed by atoms with Crippen LogP contribution in [0.25, 0.3) is 0 Å². The van der Waals surface area contributed by atoms with Gasteiger partial charge >= 0.3 is 0 Å². The molecule has 2 atom stereocenters. The minimum Gasteiger partial charge on any atom is -0.368 e. The Labute approximate surface area is 177 Å². The molecule has 5 heterocycles. The Morgan fingerprint density at radius 1 is 1.00 bits per heavy atom. The molecule has 5 rings (SSSR count). The van der Waals surface area contributed by atoms with Crippen molar-refractivity contribution in [3.63, 3.8) is 0 Å². The van der Waals surface area contributed by atoms with Crippen LogP contribution < -0.4 is 11.3 Å². The zero-order valence-corrected chi connectivity index (χ0v) is 17.7. The Morgan fingerprint density at radius 2 is 1.77 bits per heavy atom. The lowest BCUT2D eigenvalue weighted by Crippen LogP contribution is -2.48. The van der Waals surface area contributed by atoms with Crippen molar-refractivity contribution in [1.82, 2.24) is 29.2 Å². The average Bonchev–Trinajstić information content (AvgIpc) is 2.74. The van der Waals surface area contributed by atoms with E-state index >= 15 is 0 Å². The Bertz CT molecular complexity index is 949. The van der Waals surface area contributed by atoms with E-state index in [1.54, 1.807) is 0 Å². The number of pyridine rings is 1. The van der Waals surface area contributed by atoms with Crippen molar-refractivity contribution < 1.29 is 0 Å². The van der Waals surface area contributed by atoms with Gasteiger partial charge in [-0.1, -0.05) is 6.07 Å². The van der Waals surface area contributed by atoms with Crippen LogP contribution in [-0.4, -0.2) is 75.6 Å².